The zero-order valence-corrected chi connectivity index (χ0v) is 9.72. The monoisotopic (exact) mass is 212 g/mol. The molecular formula is C11H20N2O2. The summed E-state index contributed by atoms with van der Waals surface area (Å²) in [6.45, 7) is 9.35. The number of nitrogens with one attached hydrogen (secondary N) is 2. The molecule has 0 heterocycles. The van der Waals surface area contributed by atoms with E-state index in [2.05, 4.69) is 24.1 Å². The maximum absolute atomic E-state index is 11.6. The molecule has 0 aromatic heterocycles. The lowest BCUT2D eigenvalue weighted by molar-refractivity contribution is -0.130. The van der Waals surface area contributed by atoms with Crippen LogP contribution in [0.3, 0.4) is 0 Å². The van der Waals surface area contributed by atoms with Gasteiger partial charge in [0.2, 0.25) is 11.8 Å². The fraction of sp³-hybridized carbons (Fsp3) is 0.636. The number of carbonyl (C=O) groups is 2. The molecule has 0 radical (unpaired) electrons. The Labute approximate surface area is 91.1 Å². The Balaban J connectivity index is 4.13. The molecule has 0 aliphatic heterocycles. The molecule has 15 heavy (non-hydrogen) atoms. The summed E-state index contributed by atoms with van der Waals surface area (Å²) in [6.07, 6.45) is 3.12. The summed E-state index contributed by atoms with van der Waals surface area (Å²) in [7, 11) is 0. The zero-order valence-electron chi connectivity index (χ0n) is 9.72. The van der Waals surface area contributed by atoms with Gasteiger partial charge in [-0.3, -0.25) is 9.59 Å². The lowest BCUT2D eigenvalue weighted by Crippen LogP contribution is -2.54. The normalized spacial score (nSPS) is 10.6. The van der Waals surface area contributed by atoms with Gasteiger partial charge in [-0.1, -0.05) is 19.9 Å². The van der Waals surface area contributed by atoms with Crippen LogP contribution in [0.4, 0.5) is 0 Å². The van der Waals surface area contributed by atoms with Crippen molar-refractivity contribution >= 4 is 11.8 Å². The smallest absolute Gasteiger partial charge is 0.245 e. The average Bonchev–Trinajstić information content (AvgIpc) is 2.17. The Bertz CT molecular complexity index is 247. The van der Waals surface area contributed by atoms with Crippen LogP contribution in [0.15, 0.2) is 12.7 Å². The number of rotatable bonds is 6. The molecule has 0 saturated carbocycles. The predicted octanol–water partition coefficient (Wildman–Crippen LogP) is 0.983. The molecule has 2 N–H and O–H groups in total. The summed E-state index contributed by atoms with van der Waals surface area (Å²) in [6, 6.07) is 0. The van der Waals surface area contributed by atoms with Gasteiger partial charge in [-0.15, -0.1) is 0 Å². The molecule has 0 spiro atoms. The first-order valence-electron chi connectivity index (χ1n) is 5.17. The van der Waals surface area contributed by atoms with Crippen molar-refractivity contribution in [3.8, 4) is 0 Å². The average molecular weight is 212 g/mol. The molecule has 0 atom stereocenters. The molecule has 0 aliphatic rings. The molecule has 0 aliphatic carbocycles. The highest BCUT2D eigenvalue weighted by atomic mass is 16.2. The Morgan fingerprint density at radius 2 is 2.00 bits per heavy atom. The highest BCUT2D eigenvalue weighted by Gasteiger charge is 2.27. The van der Waals surface area contributed by atoms with Crippen LogP contribution in [0.5, 0.6) is 0 Å². The van der Waals surface area contributed by atoms with E-state index in [4.69, 9.17) is 0 Å². The van der Waals surface area contributed by atoms with Crippen LogP contribution < -0.4 is 10.6 Å². The van der Waals surface area contributed by atoms with Gasteiger partial charge in [-0.25, -0.2) is 0 Å². The van der Waals surface area contributed by atoms with Gasteiger partial charge >= 0.3 is 0 Å². The third kappa shape index (κ3) is 5.20. The highest BCUT2D eigenvalue weighted by Crippen LogP contribution is 2.02. The van der Waals surface area contributed by atoms with Gasteiger partial charge in [0.15, 0.2) is 0 Å². The molecular weight excluding hydrogens is 192 g/mol. The first-order chi connectivity index (χ1) is 6.94. The van der Waals surface area contributed by atoms with Crippen molar-refractivity contribution in [3.05, 3.63) is 12.7 Å². The first kappa shape index (κ1) is 13.7. The van der Waals surface area contributed by atoms with E-state index < -0.39 is 5.54 Å². The summed E-state index contributed by atoms with van der Waals surface area (Å²) < 4.78 is 0. The van der Waals surface area contributed by atoms with E-state index in [1.54, 1.807) is 13.8 Å². The van der Waals surface area contributed by atoms with E-state index in [1.165, 1.54) is 0 Å². The van der Waals surface area contributed by atoms with Gasteiger partial charge in [0, 0.05) is 6.54 Å². The summed E-state index contributed by atoms with van der Waals surface area (Å²) in [4.78, 5) is 22.7. The van der Waals surface area contributed by atoms with Crippen LogP contribution in [0.25, 0.3) is 0 Å². The standard InChI is InChI=1S/C11H20N2O2/c1-5-7-8-12-10(15)11(3,4)13-9(14)6-2/h6H,2,5,7-8H2,1,3-4H3,(H,12,15)(H,13,14). The second-order valence-corrected chi connectivity index (χ2v) is 3.93. The van der Waals surface area contributed by atoms with Gasteiger partial charge < -0.3 is 10.6 Å². The summed E-state index contributed by atoms with van der Waals surface area (Å²) in [5.74, 6) is -0.517. The van der Waals surface area contributed by atoms with Crippen molar-refractivity contribution in [2.75, 3.05) is 6.54 Å². The van der Waals surface area contributed by atoms with Crippen LogP contribution in [0.2, 0.25) is 0 Å². The molecule has 0 aromatic rings. The van der Waals surface area contributed by atoms with Crippen LogP contribution in [0, 0.1) is 0 Å². The van der Waals surface area contributed by atoms with E-state index in [0.717, 1.165) is 18.9 Å². The van der Waals surface area contributed by atoms with Crippen LogP contribution in [-0.2, 0) is 9.59 Å². The van der Waals surface area contributed by atoms with Crippen molar-refractivity contribution in [3.63, 3.8) is 0 Å². The Kier molecular flexibility index (Phi) is 5.67. The van der Waals surface area contributed by atoms with Crippen molar-refractivity contribution in [2.45, 2.75) is 39.2 Å². The van der Waals surface area contributed by atoms with Gasteiger partial charge in [0.25, 0.3) is 0 Å². The molecule has 0 rings (SSSR count). The highest BCUT2D eigenvalue weighted by molar-refractivity contribution is 5.94. The Morgan fingerprint density at radius 3 is 2.47 bits per heavy atom. The lowest BCUT2D eigenvalue weighted by Gasteiger charge is -2.24. The van der Waals surface area contributed by atoms with Crippen molar-refractivity contribution in [1.82, 2.24) is 10.6 Å². The molecule has 0 unspecified atom stereocenters. The maximum Gasteiger partial charge on any atom is 0.245 e. The Morgan fingerprint density at radius 1 is 1.40 bits per heavy atom. The minimum Gasteiger partial charge on any atom is -0.354 e. The molecule has 4 nitrogen and oxygen atoms in total. The Hall–Kier alpha value is -1.32. The van der Waals surface area contributed by atoms with Gasteiger partial charge in [-0.2, -0.15) is 0 Å². The lowest BCUT2D eigenvalue weighted by atomic mass is 10.0. The van der Waals surface area contributed by atoms with Crippen molar-refractivity contribution < 1.29 is 9.59 Å². The predicted molar refractivity (Wildman–Crippen MR) is 60.3 cm³/mol. The van der Waals surface area contributed by atoms with Crippen molar-refractivity contribution in [1.29, 1.82) is 0 Å². The molecule has 86 valence electrons. The van der Waals surface area contributed by atoms with E-state index in [0.29, 0.717) is 6.54 Å². The van der Waals surface area contributed by atoms with Crippen LogP contribution in [-0.4, -0.2) is 23.9 Å². The maximum atomic E-state index is 11.6. The second kappa shape index (κ2) is 6.22. The van der Waals surface area contributed by atoms with E-state index in [1.807, 2.05) is 0 Å². The quantitative estimate of drug-likeness (QED) is 0.509. The molecule has 0 aromatic carbocycles. The molecule has 4 heteroatoms. The zero-order chi connectivity index (χ0) is 11.9. The fourth-order valence-corrected chi connectivity index (χ4v) is 1.02. The van der Waals surface area contributed by atoms with E-state index >= 15 is 0 Å². The second-order valence-electron chi connectivity index (χ2n) is 3.93. The number of unbranched alkanes of at least 4 members (excludes halogenated alkanes) is 1. The third-order valence-electron chi connectivity index (χ3n) is 2.00. The third-order valence-corrected chi connectivity index (χ3v) is 2.00. The van der Waals surface area contributed by atoms with Crippen LogP contribution >= 0.6 is 0 Å². The molecule has 2 amide bonds. The summed E-state index contributed by atoms with van der Waals surface area (Å²) in [5.41, 5.74) is -0.890. The number of hydrogen-bond donors (Lipinski definition) is 2. The van der Waals surface area contributed by atoms with Gasteiger partial charge in [-0.05, 0) is 26.3 Å². The van der Waals surface area contributed by atoms with Crippen molar-refractivity contribution in [2.24, 2.45) is 0 Å². The number of carbonyl (C=O) groups excluding carboxylic acids is 2. The molecule has 0 saturated heterocycles. The molecule has 0 fully saturated rings. The summed E-state index contributed by atoms with van der Waals surface area (Å²) >= 11 is 0. The topological polar surface area (TPSA) is 58.2 Å². The SMILES string of the molecule is C=CC(=O)NC(C)(C)C(=O)NCCCC. The minimum atomic E-state index is -0.890. The fourth-order valence-electron chi connectivity index (χ4n) is 1.02. The van der Waals surface area contributed by atoms with Gasteiger partial charge in [0.1, 0.15) is 5.54 Å². The minimum absolute atomic E-state index is 0.175. The van der Waals surface area contributed by atoms with Gasteiger partial charge in [0.05, 0.1) is 0 Å². The van der Waals surface area contributed by atoms with Crippen LogP contribution in [0.1, 0.15) is 33.6 Å². The van der Waals surface area contributed by atoms with E-state index in [-0.39, 0.29) is 11.8 Å². The number of amides is 2. The number of hydrogen-bond acceptors (Lipinski definition) is 2. The summed E-state index contributed by atoms with van der Waals surface area (Å²) in [5, 5.41) is 5.33. The first-order valence-corrected chi connectivity index (χ1v) is 5.17. The van der Waals surface area contributed by atoms with E-state index in [9.17, 15) is 9.59 Å². The molecule has 0 bridgehead atoms. The largest absolute Gasteiger partial charge is 0.354 e.